The molecule has 126 valence electrons. The average Bonchev–Trinajstić information content (AvgIpc) is 2.58. The lowest BCUT2D eigenvalue weighted by Crippen LogP contribution is -2.72. The molecule has 4 rings (SSSR count). The molecule has 1 saturated heterocycles. The van der Waals surface area contributed by atoms with Crippen molar-refractivity contribution in [3.05, 3.63) is 24.3 Å². The highest BCUT2D eigenvalue weighted by Gasteiger charge is 2.47. The molecule has 2 atom stereocenters. The Morgan fingerprint density at radius 1 is 1.13 bits per heavy atom. The summed E-state index contributed by atoms with van der Waals surface area (Å²) in [5.74, 6) is 0.844. The van der Waals surface area contributed by atoms with Crippen LogP contribution < -0.4 is 15.0 Å². The molecule has 1 heterocycles. The number of anilines is 1. The lowest BCUT2D eigenvalue weighted by molar-refractivity contribution is 0.105. The van der Waals surface area contributed by atoms with Gasteiger partial charge in [-0.25, -0.2) is 0 Å². The van der Waals surface area contributed by atoms with E-state index in [0.717, 1.165) is 12.3 Å². The molecule has 23 heavy (non-hydrogen) atoms. The molecule has 1 spiro atoms. The number of nitrogens with zero attached hydrogens (tertiary/aromatic N) is 1. The normalized spacial score (nSPS) is 29.0. The van der Waals surface area contributed by atoms with Crippen molar-refractivity contribution in [1.29, 1.82) is 0 Å². The zero-order valence-corrected chi connectivity index (χ0v) is 13.8. The summed E-state index contributed by atoms with van der Waals surface area (Å²) in [6.45, 7) is 1.57. The van der Waals surface area contributed by atoms with Crippen molar-refractivity contribution in [2.75, 3.05) is 24.7 Å². The van der Waals surface area contributed by atoms with E-state index in [1.807, 2.05) is 12.1 Å². The number of aliphatic hydroxyl groups excluding tert-OH is 1. The number of rotatable bonds is 4. The van der Waals surface area contributed by atoms with Gasteiger partial charge in [-0.15, -0.1) is 0 Å². The van der Waals surface area contributed by atoms with Gasteiger partial charge >= 0.3 is 0 Å². The van der Waals surface area contributed by atoms with Crippen LogP contribution in [0.3, 0.4) is 0 Å². The van der Waals surface area contributed by atoms with Crippen molar-refractivity contribution in [3.63, 3.8) is 0 Å². The van der Waals surface area contributed by atoms with Crippen LogP contribution in [0.25, 0.3) is 0 Å². The summed E-state index contributed by atoms with van der Waals surface area (Å²) in [4.78, 5) is 2.66. The Kier molecular flexibility index (Phi) is 4.20. The van der Waals surface area contributed by atoms with Gasteiger partial charge in [-0.2, -0.15) is 0 Å². The minimum absolute atomic E-state index is 0.0613. The van der Waals surface area contributed by atoms with Crippen LogP contribution in [0.15, 0.2) is 24.3 Å². The molecule has 1 aliphatic heterocycles. The minimum atomic E-state index is 0.0613. The van der Waals surface area contributed by atoms with Gasteiger partial charge in [0.2, 0.25) is 0 Å². The molecule has 0 unspecified atom stereocenters. The molecular weight excluding hydrogens is 288 g/mol. The molecule has 4 heteroatoms. The Hall–Kier alpha value is -1.26. The predicted molar refractivity (Wildman–Crippen MR) is 92.1 cm³/mol. The Morgan fingerprint density at radius 2 is 1.91 bits per heavy atom. The van der Waals surface area contributed by atoms with Gasteiger partial charge in [-0.3, -0.25) is 0 Å². The summed E-state index contributed by atoms with van der Waals surface area (Å²) in [6.07, 6.45) is 9.36. The molecule has 0 aromatic heterocycles. The molecule has 1 aromatic rings. The Bertz CT molecular complexity index is 527. The third-order valence-electron chi connectivity index (χ3n) is 5.93. The fourth-order valence-corrected chi connectivity index (χ4v) is 4.62. The van der Waals surface area contributed by atoms with E-state index in [0.29, 0.717) is 24.2 Å². The molecule has 2 aliphatic carbocycles. The first-order valence-electron chi connectivity index (χ1n) is 9.18. The largest absolute Gasteiger partial charge is 0.491 e. The first-order valence-corrected chi connectivity index (χ1v) is 9.18. The zero-order chi connectivity index (χ0) is 15.7. The van der Waals surface area contributed by atoms with Gasteiger partial charge in [-0.05, 0) is 56.4 Å². The van der Waals surface area contributed by atoms with E-state index in [1.165, 1.54) is 50.6 Å². The van der Waals surface area contributed by atoms with Crippen molar-refractivity contribution in [1.82, 2.24) is 5.32 Å². The highest BCUT2D eigenvalue weighted by molar-refractivity contribution is 5.52. The van der Waals surface area contributed by atoms with Crippen LogP contribution in [-0.2, 0) is 0 Å². The number of benzene rings is 1. The monoisotopic (exact) mass is 316 g/mol. The number of hydrogen-bond donors (Lipinski definition) is 2. The number of aliphatic hydroxyl groups is 1. The average molecular weight is 316 g/mol. The fourth-order valence-electron chi connectivity index (χ4n) is 4.62. The highest BCUT2D eigenvalue weighted by atomic mass is 16.5. The quantitative estimate of drug-likeness (QED) is 0.896. The Labute approximate surface area is 138 Å². The SMILES string of the molecule is OCCOc1ccc(N2CC3(CCC3)N[C@H]3CCCC[C@@H]32)cc1. The maximum absolute atomic E-state index is 8.87. The molecule has 2 N–H and O–H groups in total. The summed E-state index contributed by atoms with van der Waals surface area (Å²) in [5.41, 5.74) is 1.69. The summed E-state index contributed by atoms with van der Waals surface area (Å²) in [7, 11) is 0. The van der Waals surface area contributed by atoms with Gasteiger partial charge in [0.05, 0.1) is 6.61 Å². The van der Waals surface area contributed by atoms with Crippen molar-refractivity contribution in [2.45, 2.75) is 62.6 Å². The van der Waals surface area contributed by atoms with Crippen LogP contribution in [0.1, 0.15) is 44.9 Å². The van der Waals surface area contributed by atoms with Crippen LogP contribution in [0, 0.1) is 0 Å². The summed E-state index contributed by atoms with van der Waals surface area (Å²) in [6, 6.07) is 9.75. The number of fused-ring (bicyclic) bond motifs is 1. The maximum Gasteiger partial charge on any atom is 0.119 e. The van der Waals surface area contributed by atoms with Crippen molar-refractivity contribution >= 4 is 5.69 Å². The minimum Gasteiger partial charge on any atom is -0.491 e. The van der Waals surface area contributed by atoms with Crippen LogP contribution in [-0.4, -0.2) is 42.5 Å². The summed E-state index contributed by atoms with van der Waals surface area (Å²) >= 11 is 0. The first-order chi connectivity index (χ1) is 11.3. The molecule has 1 aromatic carbocycles. The van der Waals surface area contributed by atoms with Gasteiger partial charge in [0.25, 0.3) is 0 Å². The predicted octanol–water partition coefficient (Wildman–Crippen LogP) is 2.70. The third-order valence-corrected chi connectivity index (χ3v) is 5.93. The highest BCUT2D eigenvalue weighted by Crippen LogP contribution is 2.41. The molecule has 0 radical (unpaired) electrons. The zero-order valence-electron chi connectivity index (χ0n) is 13.8. The van der Waals surface area contributed by atoms with E-state index in [2.05, 4.69) is 22.3 Å². The van der Waals surface area contributed by atoms with Crippen molar-refractivity contribution in [2.24, 2.45) is 0 Å². The van der Waals surface area contributed by atoms with Crippen LogP contribution in [0.2, 0.25) is 0 Å². The van der Waals surface area contributed by atoms with Crippen LogP contribution in [0.4, 0.5) is 5.69 Å². The lowest BCUT2D eigenvalue weighted by Gasteiger charge is -2.58. The molecular formula is C19H28N2O2. The molecule has 3 fully saturated rings. The van der Waals surface area contributed by atoms with Crippen molar-refractivity contribution < 1.29 is 9.84 Å². The van der Waals surface area contributed by atoms with E-state index in [1.54, 1.807) is 0 Å². The van der Waals surface area contributed by atoms with E-state index < -0.39 is 0 Å². The van der Waals surface area contributed by atoms with E-state index in [-0.39, 0.29) is 6.61 Å². The molecule has 2 saturated carbocycles. The van der Waals surface area contributed by atoms with E-state index in [9.17, 15) is 0 Å². The molecule has 0 bridgehead atoms. The van der Waals surface area contributed by atoms with E-state index >= 15 is 0 Å². The second kappa shape index (κ2) is 6.33. The third kappa shape index (κ3) is 2.94. The number of piperazine rings is 1. The van der Waals surface area contributed by atoms with E-state index in [4.69, 9.17) is 9.84 Å². The maximum atomic E-state index is 8.87. The van der Waals surface area contributed by atoms with Gasteiger partial charge in [-0.1, -0.05) is 12.8 Å². The van der Waals surface area contributed by atoms with Crippen LogP contribution in [0.5, 0.6) is 5.75 Å². The summed E-state index contributed by atoms with van der Waals surface area (Å²) < 4.78 is 5.50. The Morgan fingerprint density at radius 3 is 2.61 bits per heavy atom. The second-order valence-electron chi connectivity index (χ2n) is 7.43. The fraction of sp³-hybridized carbons (Fsp3) is 0.684. The molecule has 0 amide bonds. The smallest absolute Gasteiger partial charge is 0.119 e. The molecule has 4 nitrogen and oxygen atoms in total. The second-order valence-corrected chi connectivity index (χ2v) is 7.43. The first kappa shape index (κ1) is 15.3. The summed E-state index contributed by atoms with van der Waals surface area (Å²) in [5, 5.41) is 12.9. The standard InChI is InChI=1S/C19H28N2O2/c22-12-13-23-16-8-6-15(7-9-16)21-14-19(10-3-11-19)20-17-4-1-2-5-18(17)21/h6-9,17-18,20,22H,1-5,10-14H2/t17-,18-/m0/s1. The van der Waals surface area contributed by atoms with Gasteiger partial charge in [0.1, 0.15) is 12.4 Å². The van der Waals surface area contributed by atoms with Gasteiger partial charge in [0, 0.05) is 29.9 Å². The number of ether oxygens (including phenoxy) is 1. The van der Waals surface area contributed by atoms with Crippen molar-refractivity contribution in [3.8, 4) is 5.75 Å². The van der Waals surface area contributed by atoms with Gasteiger partial charge < -0.3 is 20.1 Å². The van der Waals surface area contributed by atoms with Crippen LogP contribution >= 0.6 is 0 Å². The number of hydrogen-bond acceptors (Lipinski definition) is 4. The Balaban J connectivity index is 1.54. The van der Waals surface area contributed by atoms with Gasteiger partial charge in [0.15, 0.2) is 0 Å². The topological polar surface area (TPSA) is 44.7 Å². The number of nitrogens with one attached hydrogen (secondary N) is 1. The molecule has 3 aliphatic rings. The lowest BCUT2D eigenvalue weighted by atomic mass is 9.71.